The van der Waals surface area contributed by atoms with Crippen LogP contribution in [0, 0.1) is 6.57 Å². The molecule has 4 nitrogen and oxygen atoms in total. The molecule has 4 rings (SSSR count). The molecule has 0 bridgehead atoms. The van der Waals surface area contributed by atoms with Gasteiger partial charge in [-0.2, -0.15) is 0 Å². The highest BCUT2D eigenvalue weighted by Crippen LogP contribution is 2.29. The molecule has 0 aliphatic heterocycles. The average Bonchev–Trinajstić information content (AvgIpc) is 3.36. The molecule has 0 aliphatic carbocycles. The van der Waals surface area contributed by atoms with Gasteiger partial charge in [0.25, 0.3) is 5.70 Å². The van der Waals surface area contributed by atoms with Crippen LogP contribution in [-0.2, 0) is 4.79 Å². The van der Waals surface area contributed by atoms with Crippen LogP contribution in [0.1, 0.15) is 54.8 Å². The summed E-state index contributed by atoms with van der Waals surface area (Å²) in [5, 5.41) is 14.0. The Morgan fingerprint density at radius 2 is 1.51 bits per heavy atom. The van der Waals surface area contributed by atoms with Gasteiger partial charge in [0, 0.05) is 28.5 Å². The van der Waals surface area contributed by atoms with E-state index < -0.39 is 5.97 Å². The molecule has 188 valence electrons. The monoisotopic (exact) mass is 508 g/mol. The maximum Gasteiger partial charge on any atom is 0.333 e. The summed E-state index contributed by atoms with van der Waals surface area (Å²) in [4.78, 5) is 18.4. The van der Waals surface area contributed by atoms with Gasteiger partial charge >= 0.3 is 5.97 Å². The van der Waals surface area contributed by atoms with Gasteiger partial charge in [-0.15, -0.1) is 11.3 Å². The Morgan fingerprint density at radius 3 is 2.16 bits per heavy atom. The first-order chi connectivity index (χ1) is 18.0. The predicted molar refractivity (Wildman–Crippen MR) is 159 cm³/mol. The van der Waals surface area contributed by atoms with E-state index in [4.69, 9.17) is 11.7 Å². The summed E-state index contributed by atoms with van der Waals surface area (Å²) >= 11 is 1.46. The van der Waals surface area contributed by atoms with Crippen molar-refractivity contribution in [2.75, 3.05) is 18.0 Å². The topological polar surface area (TPSA) is 44.9 Å². The fourth-order valence-corrected chi connectivity index (χ4v) is 5.21. The lowest BCUT2D eigenvalue weighted by Gasteiger charge is -2.25. The number of anilines is 1. The summed E-state index contributed by atoms with van der Waals surface area (Å²) in [5.41, 5.74) is 2.14. The lowest BCUT2D eigenvalue weighted by molar-refractivity contribution is -0.132. The van der Waals surface area contributed by atoms with Gasteiger partial charge in [0.1, 0.15) is 0 Å². The van der Waals surface area contributed by atoms with Crippen LogP contribution in [0.25, 0.3) is 44.6 Å². The molecule has 0 spiro atoms. The molecular weight excluding hydrogens is 476 g/mol. The molecule has 0 aliphatic rings. The van der Waals surface area contributed by atoms with Gasteiger partial charge in [0.05, 0.1) is 6.57 Å². The van der Waals surface area contributed by atoms with Gasteiger partial charge in [-0.25, -0.2) is 4.85 Å². The third-order valence-electron chi connectivity index (χ3n) is 6.44. The first-order valence-corrected chi connectivity index (χ1v) is 13.6. The van der Waals surface area contributed by atoms with E-state index in [1.165, 1.54) is 70.3 Å². The molecule has 0 saturated heterocycles. The summed E-state index contributed by atoms with van der Waals surface area (Å²) in [5.74, 6) is -1.20. The molecule has 0 amide bonds. The molecule has 4 aromatic rings. The second-order valence-corrected chi connectivity index (χ2v) is 10.4. The van der Waals surface area contributed by atoms with Crippen molar-refractivity contribution in [3.63, 3.8) is 0 Å². The van der Waals surface area contributed by atoms with Gasteiger partial charge in [0.2, 0.25) is 0 Å². The number of thiophene rings is 1. The lowest BCUT2D eigenvalue weighted by atomic mass is 10.0. The summed E-state index contributed by atoms with van der Waals surface area (Å²) in [6, 6.07) is 21.7. The van der Waals surface area contributed by atoms with Gasteiger partial charge in [0.15, 0.2) is 0 Å². The van der Waals surface area contributed by atoms with Gasteiger partial charge in [-0.1, -0.05) is 51.0 Å². The molecule has 5 heteroatoms. The number of hydrogen-bond acceptors (Lipinski definition) is 3. The molecule has 1 aromatic heterocycles. The van der Waals surface area contributed by atoms with Crippen molar-refractivity contribution < 1.29 is 9.90 Å². The third-order valence-corrected chi connectivity index (χ3v) is 7.44. The van der Waals surface area contributed by atoms with E-state index in [9.17, 15) is 4.79 Å². The molecule has 3 aromatic carbocycles. The molecule has 0 saturated carbocycles. The van der Waals surface area contributed by atoms with E-state index in [0.717, 1.165) is 28.4 Å². The molecule has 0 radical (unpaired) electrons. The number of fused-ring (bicyclic) bond motifs is 2. The van der Waals surface area contributed by atoms with Crippen molar-refractivity contribution in [1.82, 2.24) is 0 Å². The molecule has 0 unspecified atom stereocenters. The minimum absolute atomic E-state index is 0.277. The standard InChI is InChI=1S/C32H32N2O2S/c1-4-6-16-34(17-7-5-2)28-12-11-25-19-26-18-23(8-10-24(26)20-27(25)21-28)9-13-29-14-15-30(37-29)22-31(33-3)32(35)36/h8-15,18-22H,4-7,16-17H2,1-2H3,(H,35,36). The third kappa shape index (κ3) is 6.67. The van der Waals surface area contributed by atoms with Crippen molar-refractivity contribution in [2.45, 2.75) is 39.5 Å². The smallest absolute Gasteiger partial charge is 0.333 e. The number of nitrogens with zero attached hydrogens (tertiary/aromatic N) is 2. The van der Waals surface area contributed by atoms with Crippen LogP contribution in [0.2, 0.25) is 0 Å². The Morgan fingerprint density at radius 1 is 0.865 bits per heavy atom. The second kappa shape index (κ2) is 12.4. The Hall–Kier alpha value is -3.88. The van der Waals surface area contributed by atoms with Crippen LogP contribution < -0.4 is 4.90 Å². The maximum absolute atomic E-state index is 11.1. The molecule has 37 heavy (non-hydrogen) atoms. The number of rotatable bonds is 11. The van der Waals surface area contributed by atoms with Crippen molar-refractivity contribution in [2.24, 2.45) is 0 Å². The Kier molecular flexibility index (Phi) is 8.77. The molecule has 1 N–H and O–H groups in total. The average molecular weight is 509 g/mol. The fraction of sp³-hybridized carbons (Fsp3) is 0.250. The largest absolute Gasteiger partial charge is 0.486 e. The Bertz CT molecular complexity index is 1500. The van der Waals surface area contributed by atoms with Crippen LogP contribution in [0.3, 0.4) is 0 Å². The van der Waals surface area contributed by atoms with Crippen molar-refractivity contribution in [3.05, 3.63) is 93.1 Å². The number of hydrogen-bond donors (Lipinski definition) is 1. The summed E-state index contributed by atoms with van der Waals surface area (Å²) < 4.78 is 0. The normalized spacial score (nSPS) is 11.9. The van der Waals surface area contributed by atoms with Crippen LogP contribution >= 0.6 is 11.3 Å². The zero-order chi connectivity index (χ0) is 26.2. The zero-order valence-corrected chi connectivity index (χ0v) is 22.2. The van der Waals surface area contributed by atoms with E-state index in [-0.39, 0.29) is 5.70 Å². The van der Waals surface area contributed by atoms with Crippen LogP contribution in [0.5, 0.6) is 0 Å². The minimum atomic E-state index is -1.20. The highest BCUT2D eigenvalue weighted by molar-refractivity contribution is 7.13. The molecular formula is C32H32N2O2S. The Balaban J connectivity index is 1.56. The number of benzene rings is 3. The van der Waals surface area contributed by atoms with Crippen molar-refractivity contribution in [1.29, 1.82) is 0 Å². The summed E-state index contributed by atoms with van der Waals surface area (Å²) in [6.07, 6.45) is 10.3. The fourth-order valence-electron chi connectivity index (χ4n) is 4.36. The number of unbranched alkanes of at least 4 members (excludes halogenated alkanes) is 2. The van der Waals surface area contributed by atoms with Crippen molar-refractivity contribution in [3.8, 4) is 0 Å². The number of carboxylic acid groups (broad SMARTS) is 1. The number of carboxylic acids is 1. The summed E-state index contributed by atoms with van der Waals surface area (Å²) in [7, 11) is 0. The van der Waals surface area contributed by atoms with E-state index in [2.05, 4.69) is 78.2 Å². The van der Waals surface area contributed by atoms with E-state index >= 15 is 0 Å². The highest BCUT2D eigenvalue weighted by Gasteiger charge is 2.09. The molecule has 0 fully saturated rings. The lowest BCUT2D eigenvalue weighted by Crippen LogP contribution is -2.25. The van der Waals surface area contributed by atoms with Crippen LogP contribution in [0.4, 0.5) is 5.69 Å². The van der Waals surface area contributed by atoms with Gasteiger partial charge in [-0.3, -0.25) is 4.79 Å². The molecule has 1 heterocycles. The van der Waals surface area contributed by atoms with Gasteiger partial charge in [-0.05, 0) is 94.6 Å². The van der Waals surface area contributed by atoms with Crippen LogP contribution in [-0.4, -0.2) is 24.2 Å². The Labute approximate surface area is 223 Å². The molecule has 0 atom stereocenters. The predicted octanol–water partition coefficient (Wildman–Crippen LogP) is 8.98. The van der Waals surface area contributed by atoms with E-state index in [0.29, 0.717) is 0 Å². The van der Waals surface area contributed by atoms with E-state index in [1.807, 2.05) is 18.2 Å². The minimum Gasteiger partial charge on any atom is -0.486 e. The second-order valence-electron chi connectivity index (χ2n) is 9.20. The van der Waals surface area contributed by atoms with Crippen molar-refractivity contribution >= 4 is 62.8 Å². The van der Waals surface area contributed by atoms with Crippen LogP contribution in [0.15, 0.2) is 66.4 Å². The first kappa shape index (κ1) is 26.2. The number of carbonyl (C=O) groups is 1. The maximum atomic E-state index is 11.1. The quantitative estimate of drug-likeness (QED) is 0.125. The highest BCUT2D eigenvalue weighted by atomic mass is 32.1. The number of aliphatic carboxylic acids is 1. The van der Waals surface area contributed by atoms with Gasteiger partial charge < -0.3 is 10.0 Å². The first-order valence-electron chi connectivity index (χ1n) is 12.8. The SMILES string of the molecule is [C-]#[N+]C(=Cc1ccc(C=Cc2ccc3cc4cc(N(CCCC)CCCC)ccc4cc3c2)s1)C(=O)O. The van der Waals surface area contributed by atoms with E-state index in [1.54, 1.807) is 0 Å². The summed E-state index contributed by atoms with van der Waals surface area (Å²) in [6.45, 7) is 13.7. The zero-order valence-electron chi connectivity index (χ0n) is 21.4.